The molecule has 0 spiro atoms. The first-order valence-corrected chi connectivity index (χ1v) is 8.35. The third-order valence-electron chi connectivity index (χ3n) is 3.52. The summed E-state index contributed by atoms with van der Waals surface area (Å²) in [5.74, 6) is 0. The highest BCUT2D eigenvalue weighted by atomic mass is 32.1. The zero-order valence-electron chi connectivity index (χ0n) is 13.6. The van der Waals surface area contributed by atoms with E-state index in [1.807, 2.05) is 31.5 Å². The molecule has 2 N–H and O–H groups in total. The Balaban J connectivity index is 1.65. The highest BCUT2D eigenvalue weighted by molar-refractivity contribution is 7.15. The van der Waals surface area contributed by atoms with Crippen LogP contribution < -0.4 is 16.2 Å². The Morgan fingerprint density at radius 2 is 2.21 bits per heavy atom. The van der Waals surface area contributed by atoms with Gasteiger partial charge in [-0.3, -0.25) is 13.9 Å². The number of nitrogens with one attached hydrogen (secondary N) is 2. The number of fused-ring (bicyclic) bond motifs is 1. The minimum atomic E-state index is -0.446. The monoisotopic (exact) mass is 346 g/mol. The van der Waals surface area contributed by atoms with Gasteiger partial charge in [-0.15, -0.1) is 11.3 Å². The van der Waals surface area contributed by atoms with E-state index in [0.29, 0.717) is 11.5 Å². The van der Waals surface area contributed by atoms with Gasteiger partial charge >= 0.3 is 6.03 Å². The maximum atomic E-state index is 12.2. The predicted molar refractivity (Wildman–Crippen MR) is 92.7 cm³/mol. The van der Waals surface area contributed by atoms with Gasteiger partial charge in [0.25, 0.3) is 5.56 Å². The van der Waals surface area contributed by atoms with Gasteiger partial charge in [0.05, 0.1) is 18.4 Å². The Bertz CT molecular complexity index is 941. The van der Waals surface area contributed by atoms with E-state index in [2.05, 4.69) is 20.7 Å². The highest BCUT2D eigenvalue weighted by Crippen LogP contribution is 2.08. The second-order valence-corrected chi connectivity index (χ2v) is 6.51. The van der Waals surface area contributed by atoms with E-state index in [1.165, 1.54) is 21.9 Å². The molecule has 2 amide bonds. The lowest BCUT2D eigenvalue weighted by Crippen LogP contribution is -2.40. The number of thiazole rings is 1. The van der Waals surface area contributed by atoms with Crippen LogP contribution in [-0.4, -0.2) is 31.2 Å². The predicted octanol–water partition coefficient (Wildman–Crippen LogP) is 1.78. The van der Waals surface area contributed by atoms with Crippen LogP contribution in [0.15, 0.2) is 28.6 Å². The van der Waals surface area contributed by atoms with Gasteiger partial charge < -0.3 is 10.6 Å². The zero-order chi connectivity index (χ0) is 17.3. The first-order chi connectivity index (χ1) is 11.4. The fourth-order valence-corrected chi connectivity index (χ4v) is 3.13. The maximum Gasteiger partial charge on any atom is 0.319 e. The summed E-state index contributed by atoms with van der Waals surface area (Å²) < 4.78 is 3.24. The van der Waals surface area contributed by atoms with Crippen molar-refractivity contribution < 1.29 is 4.79 Å². The molecule has 0 fully saturated rings. The molecule has 0 saturated heterocycles. The Kier molecular flexibility index (Phi) is 4.34. The van der Waals surface area contributed by atoms with Crippen molar-refractivity contribution in [3.63, 3.8) is 0 Å². The third kappa shape index (κ3) is 3.30. The summed E-state index contributed by atoms with van der Waals surface area (Å²) >= 11 is 1.36. The van der Waals surface area contributed by atoms with Crippen molar-refractivity contribution in [2.45, 2.75) is 33.4 Å². The van der Waals surface area contributed by atoms with Gasteiger partial charge in [-0.05, 0) is 26.8 Å². The SMILES string of the molecule is Cc1cc(C)n(C[C@H](C)NC(=O)Nc2cnc3sccn3c2=O)n1. The van der Waals surface area contributed by atoms with Crippen LogP contribution in [0.3, 0.4) is 0 Å². The number of carbonyl (C=O) groups is 1. The number of rotatable bonds is 4. The number of carbonyl (C=O) groups excluding carboxylic acids is 1. The van der Waals surface area contributed by atoms with E-state index >= 15 is 0 Å². The van der Waals surface area contributed by atoms with Crippen molar-refractivity contribution in [2.24, 2.45) is 0 Å². The highest BCUT2D eigenvalue weighted by Gasteiger charge is 2.13. The topological polar surface area (TPSA) is 93.3 Å². The molecular formula is C15H18N6O2S. The average molecular weight is 346 g/mol. The van der Waals surface area contributed by atoms with Gasteiger partial charge in [0, 0.05) is 23.3 Å². The van der Waals surface area contributed by atoms with Crippen LogP contribution in [0, 0.1) is 13.8 Å². The number of aromatic nitrogens is 4. The molecule has 24 heavy (non-hydrogen) atoms. The van der Waals surface area contributed by atoms with E-state index in [0.717, 1.165) is 11.4 Å². The van der Waals surface area contributed by atoms with Crippen LogP contribution in [0.1, 0.15) is 18.3 Å². The molecule has 8 nitrogen and oxygen atoms in total. The minimum absolute atomic E-state index is 0.140. The normalized spacial score (nSPS) is 12.3. The molecule has 0 aliphatic heterocycles. The van der Waals surface area contributed by atoms with Crippen LogP contribution in [0.25, 0.3) is 4.96 Å². The minimum Gasteiger partial charge on any atom is -0.334 e. The number of nitrogens with zero attached hydrogens (tertiary/aromatic N) is 4. The van der Waals surface area contributed by atoms with Gasteiger partial charge in [0.15, 0.2) is 4.96 Å². The van der Waals surface area contributed by atoms with Gasteiger partial charge in [0.2, 0.25) is 0 Å². The lowest BCUT2D eigenvalue weighted by molar-refractivity contribution is 0.247. The van der Waals surface area contributed by atoms with Crippen molar-refractivity contribution in [1.29, 1.82) is 0 Å². The molecule has 3 aromatic rings. The molecule has 3 heterocycles. The summed E-state index contributed by atoms with van der Waals surface area (Å²) in [6.45, 7) is 6.32. The number of hydrogen-bond acceptors (Lipinski definition) is 5. The fraction of sp³-hybridized carbons (Fsp3) is 0.333. The van der Waals surface area contributed by atoms with E-state index < -0.39 is 6.03 Å². The average Bonchev–Trinajstić information content (AvgIpc) is 3.09. The first kappa shape index (κ1) is 16.2. The summed E-state index contributed by atoms with van der Waals surface area (Å²) in [6, 6.07) is 1.39. The van der Waals surface area contributed by atoms with Crippen molar-refractivity contribution >= 4 is 28.0 Å². The van der Waals surface area contributed by atoms with Crippen molar-refractivity contribution in [1.82, 2.24) is 24.5 Å². The summed E-state index contributed by atoms with van der Waals surface area (Å²) in [7, 11) is 0. The molecule has 126 valence electrons. The van der Waals surface area contributed by atoms with Gasteiger partial charge in [0.1, 0.15) is 5.69 Å². The molecule has 0 aliphatic carbocycles. The standard InChI is InChI=1S/C15H18N6O2S/c1-9-6-11(3)21(19-9)8-10(2)17-14(23)18-12-7-16-15-20(13(12)22)4-5-24-15/h4-7,10H,8H2,1-3H3,(H2,17,18,23)/t10-/m0/s1. The first-order valence-electron chi connectivity index (χ1n) is 7.47. The quantitative estimate of drug-likeness (QED) is 0.753. The summed E-state index contributed by atoms with van der Waals surface area (Å²) in [4.78, 5) is 29.1. The Morgan fingerprint density at radius 1 is 1.42 bits per heavy atom. The van der Waals surface area contributed by atoms with Gasteiger partial charge in [-0.2, -0.15) is 5.10 Å². The van der Waals surface area contributed by atoms with E-state index in [1.54, 1.807) is 11.6 Å². The largest absolute Gasteiger partial charge is 0.334 e. The molecule has 3 aromatic heterocycles. The number of urea groups is 1. The summed E-state index contributed by atoms with van der Waals surface area (Å²) in [5, 5.41) is 11.5. The molecule has 0 radical (unpaired) electrons. The molecule has 0 aromatic carbocycles. The fourth-order valence-electron chi connectivity index (χ4n) is 2.46. The Morgan fingerprint density at radius 3 is 2.92 bits per heavy atom. The lowest BCUT2D eigenvalue weighted by Gasteiger charge is -2.15. The van der Waals surface area contributed by atoms with Gasteiger partial charge in [-0.25, -0.2) is 9.78 Å². The van der Waals surface area contributed by atoms with Crippen LogP contribution in [0.4, 0.5) is 10.5 Å². The smallest absolute Gasteiger partial charge is 0.319 e. The third-order valence-corrected chi connectivity index (χ3v) is 4.29. The molecule has 0 saturated carbocycles. The number of hydrogen-bond donors (Lipinski definition) is 2. The Labute approximate surface area is 142 Å². The van der Waals surface area contributed by atoms with Crippen LogP contribution >= 0.6 is 11.3 Å². The maximum absolute atomic E-state index is 12.2. The summed E-state index contributed by atoms with van der Waals surface area (Å²) in [6.07, 6.45) is 3.00. The number of anilines is 1. The molecular weight excluding hydrogens is 328 g/mol. The van der Waals surface area contributed by atoms with Crippen molar-refractivity contribution in [3.05, 3.63) is 45.6 Å². The molecule has 1 atom stereocenters. The molecule has 0 unspecified atom stereocenters. The van der Waals surface area contributed by atoms with E-state index in [9.17, 15) is 9.59 Å². The number of amides is 2. The van der Waals surface area contributed by atoms with Crippen LogP contribution in [-0.2, 0) is 6.54 Å². The van der Waals surface area contributed by atoms with Crippen LogP contribution in [0.2, 0.25) is 0 Å². The van der Waals surface area contributed by atoms with Crippen LogP contribution in [0.5, 0.6) is 0 Å². The van der Waals surface area contributed by atoms with Gasteiger partial charge in [-0.1, -0.05) is 0 Å². The molecule has 0 bridgehead atoms. The van der Waals surface area contributed by atoms with E-state index in [4.69, 9.17) is 0 Å². The number of aryl methyl sites for hydroxylation is 2. The molecule has 0 aliphatic rings. The molecule has 9 heteroatoms. The van der Waals surface area contributed by atoms with E-state index in [-0.39, 0.29) is 17.3 Å². The lowest BCUT2D eigenvalue weighted by atomic mass is 10.3. The second-order valence-electron chi connectivity index (χ2n) is 5.64. The summed E-state index contributed by atoms with van der Waals surface area (Å²) in [5.41, 5.74) is 1.81. The van der Waals surface area contributed by atoms with Crippen molar-refractivity contribution in [3.8, 4) is 0 Å². The molecule has 3 rings (SSSR count). The van der Waals surface area contributed by atoms with Crippen molar-refractivity contribution in [2.75, 3.05) is 5.32 Å². The zero-order valence-corrected chi connectivity index (χ0v) is 14.4. The Hall–Kier alpha value is -2.68. The second kappa shape index (κ2) is 6.44.